The fourth-order valence-electron chi connectivity index (χ4n) is 2.12. The number of morpholine rings is 1. The highest BCUT2D eigenvalue weighted by molar-refractivity contribution is 6.31. The van der Waals surface area contributed by atoms with Crippen LogP contribution in [-0.2, 0) is 22.5 Å². The monoisotopic (exact) mass is 267 g/mol. The highest BCUT2D eigenvalue weighted by Crippen LogP contribution is 2.20. The Morgan fingerprint density at radius 1 is 1.39 bits per heavy atom. The van der Waals surface area contributed by atoms with E-state index in [0.29, 0.717) is 6.42 Å². The molecule has 0 bridgehead atoms. The predicted molar refractivity (Wildman–Crippen MR) is 71.9 cm³/mol. The van der Waals surface area contributed by atoms with Crippen LogP contribution in [0.15, 0.2) is 18.2 Å². The molecule has 0 aliphatic carbocycles. The van der Waals surface area contributed by atoms with Crippen molar-refractivity contribution < 1.29 is 9.53 Å². The molecule has 1 heterocycles. The highest BCUT2D eigenvalue weighted by Gasteiger charge is 2.12. The number of nitrogens with zero attached hydrogens (tertiary/aromatic N) is 1. The van der Waals surface area contributed by atoms with Crippen molar-refractivity contribution in [2.75, 3.05) is 26.3 Å². The fourth-order valence-corrected chi connectivity index (χ4v) is 2.38. The molecular weight excluding hydrogens is 250 g/mol. The number of ketones is 1. The number of carbonyl (C=O) groups is 1. The number of rotatable bonds is 4. The Balaban J connectivity index is 2.02. The van der Waals surface area contributed by atoms with Gasteiger partial charge in [-0.05, 0) is 24.1 Å². The molecule has 0 saturated carbocycles. The van der Waals surface area contributed by atoms with Gasteiger partial charge < -0.3 is 4.74 Å². The highest BCUT2D eigenvalue weighted by atomic mass is 35.5. The third kappa shape index (κ3) is 3.80. The van der Waals surface area contributed by atoms with Crippen molar-refractivity contribution >= 4 is 17.4 Å². The summed E-state index contributed by atoms with van der Waals surface area (Å²) in [4.78, 5) is 13.4. The Morgan fingerprint density at radius 2 is 2.11 bits per heavy atom. The first-order valence-corrected chi connectivity index (χ1v) is 6.60. The Kier molecular flexibility index (Phi) is 4.75. The molecule has 0 amide bonds. The zero-order valence-electron chi connectivity index (χ0n) is 10.6. The molecule has 0 spiro atoms. The van der Waals surface area contributed by atoms with Crippen LogP contribution in [0, 0.1) is 0 Å². The van der Waals surface area contributed by atoms with Crippen LogP contribution in [0.2, 0.25) is 5.02 Å². The standard InChI is InChI=1S/C14H18ClNO2/c1-11(17)8-12-2-3-13(14(15)9-12)10-16-4-6-18-7-5-16/h2-3,9H,4-8,10H2,1H3. The Morgan fingerprint density at radius 3 is 2.72 bits per heavy atom. The first kappa shape index (κ1) is 13.5. The third-order valence-corrected chi connectivity index (χ3v) is 3.42. The number of hydrogen-bond donors (Lipinski definition) is 0. The number of carbonyl (C=O) groups excluding carboxylic acids is 1. The minimum atomic E-state index is 0.159. The Labute approximate surface area is 113 Å². The van der Waals surface area contributed by atoms with Crippen molar-refractivity contribution in [2.24, 2.45) is 0 Å². The molecule has 2 rings (SSSR count). The maximum absolute atomic E-state index is 11.1. The van der Waals surface area contributed by atoms with Crippen LogP contribution < -0.4 is 0 Å². The second kappa shape index (κ2) is 6.32. The fraction of sp³-hybridized carbons (Fsp3) is 0.500. The van der Waals surface area contributed by atoms with Crippen LogP contribution in [-0.4, -0.2) is 37.0 Å². The van der Waals surface area contributed by atoms with Crippen molar-refractivity contribution in [1.82, 2.24) is 4.90 Å². The summed E-state index contributed by atoms with van der Waals surface area (Å²) in [5, 5.41) is 0.750. The summed E-state index contributed by atoms with van der Waals surface area (Å²) >= 11 is 6.26. The van der Waals surface area contributed by atoms with Gasteiger partial charge in [-0.2, -0.15) is 0 Å². The van der Waals surface area contributed by atoms with Gasteiger partial charge in [0.2, 0.25) is 0 Å². The minimum Gasteiger partial charge on any atom is -0.379 e. The average molecular weight is 268 g/mol. The van der Waals surface area contributed by atoms with Gasteiger partial charge in [0, 0.05) is 31.1 Å². The zero-order chi connectivity index (χ0) is 13.0. The molecule has 98 valence electrons. The van der Waals surface area contributed by atoms with Crippen molar-refractivity contribution in [3.05, 3.63) is 34.3 Å². The average Bonchev–Trinajstić information content (AvgIpc) is 2.33. The van der Waals surface area contributed by atoms with Crippen LogP contribution in [0.1, 0.15) is 18.1 Å². The van der Waals surface area contributed by atoms with Crippen LogP contribution in [0.4, 0.5) is 0 Å². The van der Waals surface area contributed by atoms with Crippen molar-refractivity contribution in [2.45, 2.75) is 19.9 Å². The van der Waals surface area contributed by atoms with E-state index in [1.807, 2.05) is 18.2 Å². The quantitative estimate of drug-likeness (QED) is 0.838. The molecule has 18 heavy (non-hydrogen) atoms. The van der Waals surface area contributed by atoms with Crippen LogP contribution in [0.5, 0.6) is 0 Å². The maximum atomic E-state index is 11.1. The smallest absolute Gasteiger partial charge is 0.134 e. The Bertz CT molecular complexity index is 428. The van der Waals surface area contributed by atoms with Crippen molar-refractivity contribution in [3.63, 3.8) is 0 Å². The lowest BCUT2D eigenvalue weighted by atomic mass is 10.1. The van der Waals surface area contributed by atoms with Gasteiger partial charge in [-0.1, -0.05) is 23.7 Å². The van der Waals surface area contributed by atoms with Gasteiger partial charge in [0.05, 0.1) is 13.2 Å². The summed E-state index contributed by atoms with van der Waals surface area (Å²) < 4.78 is 5.32. The lowest BCUT2D eigenvalue weighted by Gasteiger charge is -2.27. The molecule has 0 N–H and O–H groups in total. The van der Waals surface area contributed by atoms with Gasteiger partial charge in [-0.3, -0.25) is 9.69 Å². The molecule has 1 saturated heterocycles. The van der Waals surface area contributed by atoms with Crippen molar-refractivity contribution in [3.8, 4) is 0 Å². The molecule has 0 atom stereocenters. The molecule has 4 heteroatoms. The Hall–Kier alpha value is -0.900. The van der Waals surface area contributed by atoms with Gasteiger partial charge in [0.15, 0.2) is 0 Å². The summed E-state index contributed by atoms with van der Waals surface area (Å²) in [5.74, 6) is 0.159. The van der Waals surface area contributed by atoms with E-state index in [-0.39, 0.29) is 5.78 Å². The normalized spacial score (nSPS) is 16.8. The van der Waals surface area contributed by atoms with Gasteiger partial charge in [-0.15, -0.1) is 0 Å². The molecular formula is C14H18ClNO2. The molecule has 1 aromatic rings. The van der Waals surface area contributed by atoms with E-state index in [2.05, 4.69) is 4.90 Å². The summed E-state index contributed by atoms with van der Waals surface area (Å²) in [6.07, 6.45) is 0.456. The number of ether oxygens (including phenoxy) is 1. The van der Waals surface area contributed by atoms with Gasteiger partial charge in [-0.25, -0.2) is 0 Å². The maximum Gasteiger partial charge on any atom is 0.134 e. The summed E-state index contributed by atoms with van der Waals surface area (Å²) in [6.45, 7) is 5.93. The van der Waals surface area contributed by atoms with Gasteiger partial charge >= 0.3 is 0 Å². The lowest BCUT2D eigenvalue weighted by molar-refractivity contribution is -0.116. The summed E-state index contributed by atoms with van der Waals surface area (Å²) in [6, 6.07) is 5.91. The van der Waals surface area contributed by atoms with E-state index in [1.165, 1.54) is 0 Å². The molecule has 0 aromatic heterocycles. The van der Waals surface area contributed by atoms with Gasteiger partial charge in [0.25, 0.3) is 0 Å². The molecule has 1 fully saturated rings. The molecule has 0 radical (unpaired) electrons. The number of halogens is 1. The van der Waals surface area contributed by atoms with E-state index < -0.39 is 0 Å². The largest absolute Gasteiger partial charge is 0.379 e. The summed E-state index contributed by atoms with van der Waals surface area (Å²) in [5.41, 5.74) is 2.10. The molecule has 1 aliphatic rings. The first-order chi connectivity index (χ1) is 8.65. The SMILES string of the molecule is CC(=O)Cc1ccc(CN2CCOCC2)c(Cl)c1. The van der Waals surface area contributed by atoms with Crippen LogP contribution >= 0.6 is 11.6 Å². The van der Waals surface area contributed by atoms with E-state index in [9.17, 15) is 4.79 Å². The number of Topliss-reactive ketones (excluding diaryl/α,β-unsaturated/α-hetero) is 1. The number of benzene rings is 1. The lowest BCUT2D eigenvalue weighted by Crippen LogP contribution is -2.35. The van der Waals surface area contributed by atoms with Crippen LogP contribution in [0.3, 0.4) is 0 Å². The second-order valence-corrected chi connectivity index (χ2v) is 5.10. The molecule has 1 aliphatic heterocycles. The second-order valence-electron chi connectivity index (χ2n) is 4.69. The first-order valence-electron chi connectivity index (χ1n) is 6.22. The molecule has 1 aromatic carbocycles. The minimum absolute atomic E-state index is 0.159. The summed E-state index contributed by atoms with van der Waals surface area (Å²) in [7, 11) is 0. The zero-order valence-corrected chi connectivity index (χ0v) is 11.4. The predicted octanol–water partition coefficient (Wildman–Crippen LogP) is 2.30. The third-order valence-electron chi connectivity index (χ3n) is 3.07. The van der Waals surface area contributed by atoms with Gasteiger partial charge in [0.1, 0.15) is 5.78 Å². The molecule has 0 unspecified atom stereocenters. The molecule has 3 nitrogen and oxygen atoms in total. The number of hydrogen-bond acceptors (Lipinski definition) is 3. The van der Waals surface area contributed by atoms with E-state index in [1.54, 1.807) is 6.92 Å². The topological polar surface area (TPSA) is 29.5 Å². The van der Waals surface area contributed by atoms with Crippen LogP contribution in [0.25, 0.3) is 0 Å². The van der Waals surface area contributed by atoms with E-state index >= 15 is 0 Å². The van der Waals surface area contributed by atoms with Crippen molar-refractivity contribution in [1.29, 1.82) is 0 Å². The van der Waals surface area contributed by atoms with E-state index in [4.69, 9.17) is 16.3 Å². The van der Waals surface area contributed by atoms with E-state index in [0.717, 1.165) is 49.0 Å².